The predicted octanol–water partition coefficient (Wildman–Crippen LogP) is 2.64. The number of nitrogens with zero attached hydrogens (tertiary/aromatic N) is 1. The van der Waals surface area contributed by atoms with Crippen molar-refractivity contribution in [3.8, 4) is 0 Å². The summed E-state index contributed by atoms with van der Waals surface area (Å²) in [4.78, 5) is 4.55. The van der Waals surface area contributed by atoms with Crippen LogP contribution in [0, 0.1) is 0 Å². The zero-order valence-corrected chi connectivity index (χ0v) is 11.2. The maximum Gasteiger partial charge on any atom is 0.108 e. The summed E-state index contributed by atoms with van der Waals surface area (Å²) >= 11 is 7.54. The summed E-state index contributed by atoms with van der Waals surface area (Å²) in [7, 11) is 1.68. The van der Waals surface area contributed by atoms with Gasteiger partial charge in [-0.25, -0.2) is 4.98 Å². The smallest absolute Gasteiger partial charge is 0.108 e. The Morgan fingerprint density at radius 3 is 3.00 bits per heavy atom. The van der Waals surface area contributed by atoms with Crippen LogP contribution in [0.4, 0.5) is 0 Å². The van der Waals surface area contributed by atoms with Crippen molar-refractivity contribution in [2.24, 2.45) is 0 Å². The minimum Gasteiger partial charge on any atom is -0.383 e. The number of hydrogen-bond acceptors (Lipinski definition) is 4. The summed E-state index contributed by atoms with van der Waals surface area (Å²) in [6, 6.07) is 8.33. The fourth-order valence-electron chi connectivity index (χ4n) is 1.59. The molecule has 0 fully saturated rings. The molecule has 1 atom stereocenters. The number of benzene rings is 1. The van der Waals surface area contributed by atoms with Crippen molar-refractivity contribution in [3.63, 3.8) is 0 Å². The molecule has 0 aliphatic carbocycles. The van der Waals surface area contributed by atoms with Crippen LogP contribution in [0.25, 0.3) is 10.2 Å². The number of thiazole rings is 1. The molecular formula is C12H15ClN2OS. The third-order valence-electron chi connectivity index (χ3n) is 2.43. The number of para-hydroxylation sites is 1. The van der Waals surface area contributed by atoms with Crippen LogP contribution in [0.3, 0.4) is 0 Å². The Bertz CT molecular complexity index is 441. The molecule has 0 aliphatic heterocycles. The molecule has 0 saturated heterocycles. The van der Waals surface area contributed by atoms with Crippen LogP contribution in [0.5, 0.6) is 0 Å². The number of hydrogen-bond donors (Lipinski definition) is 1. The third-order valence-corrected chi connectivity index (χ3v) is 3.84. The normalized spacial score (nSPS) is 13.1. The van der Waals surface area contributed by atoms with E-state index in [4.69, 9.17) is 16.3 Å². The summed E-state index contributed by atoms with van der Waals surface area (Å²) in [5.41, 5.74) is 1.06. The average molecular weight is 271 g/mol. The van der Waals surface area contributed by atoms with E-state index in [1.807, 2.05) is 18.2 Å². The molecule has 0 radical (unpaired) electrons. The monoisotopic (exact) mass is 270 g/mol. The molecule has 0 bridgehead atoms. The molecule has 0 amide bonds. The van der Waals surface area contributed by atoms with E-state index in [2.05, 4.69) is 16.4 Å². The highest BCUT2D eigenvalue weighted by Gasteiger charge is 2.08. The highest BCUT2D eigenvalue weighted by atomic mass is 35.5. The number of aromatic nitrogens is 1. The van der Waals surface area contributed by atoms with Gasteiger partial charge in [-0.05, 0) is 12.1 Å². The number of ether oxygens (including phenoxy) is 1. The summed E-state index contributed by atoms with van der Waals surface area (Å²) in [5, 5.41) is 4.42. The number of fused-ring (bicyclic) bond motifs is 1. The second-order valence-electron chi connectivity index (χ2n) is 3.76. The topological polar surface area (TPSA) is 34.1 Å². The van der Waals surface area contributed by atoms with Crippen LogP contribution in [-0.2, 0) is 11.3 Å². The lowest BCUT2D eigenvalue weighted by Crippen LogP contribution is -2.34. The first kappa shape index (κ1) is 12.8. The molecule has 5 heteroatoms. The molecule has 17 heavy (non-hydrogen) atoms. The van der Waals surface area contributed by atoms with Gasteiger partial charge in [0.15, 0.2) is 0 Å². The van der Waals surface area contributed by atoms with Crippen molar-refractivity contribution in [3.05, 3.63) is 29.3 Å². The quantitative estimate of drug-likeness (QED) is 0.820. The van der Waals surface area contributed by atoms with Crippen LogP contribution in [0.15, 0.2) is 24.3 Å². The number of halogens is 1. The Labute approximate surface area is 110 Å². The third kappa shape index (κ3) is 3.39. The van der Waals surface area contributed by atoms with Gasteiger partial charge in [0.1, 0.15) is 5.01 Å². The van der Waals surface area contributed by atoms with E-state index in [0.29, 0.717) is 12.5 Å². The zero-order valence-electron chi connectivity index (χ0n) is 9.65. The van der Waals surface area contributed by atoms with Gasteiger partial charge in [0, 0.05) is 25.6 Å². The molecule has 0 aliphatic rings. The molecule has 0 spiro atoms. The molecule has 2 aromatic rings. The highest BCUT2D eigenvalue weighted by Crippen LogP contribution is 2.21. The fraction of sp³-hybridized carbons (Fsp3) is 0.417. The Morgan fingerprint density at radius 1 is 1.47 bits per heavy atom. The van der Waals surface area contributed by atoms with Gasteiger partial charge in [0.25, 0.3) is 0 Å². The van der Waals surface area contributed by atoms with Crippen LogP contribution in [0.2, 0.25) is 0 Å². The summed E-state index contributed by atoms with van der Waals surface area (Å²) in [6.07, 6.45) is 0. The minimum absolute atomic E-state index is 0.175. The van der Waals surface area contributed by atoms with Gasteiger partial charge >= 0.3 is 0 Å². The van der Waals surface area contributed by atoms with Crippen molar-refractivity contribution in [1.29, 1.82) is 0 Å². The van der Waals surface area contributed by atoms with Crippen molar-refractivity contribution in [1.82, 2.24) is 10.3 Å². The second kappa shape index (κ2) is 6.31. The minimum atomic E-state index is 0.175. The molecule has 1 heterocycles. The Kier molecular flexibility index (Phi) is 4.74. The zero-order chi connectivity index (χ0) is 12.1. The fourth-order valence-corrected chi connectivity index (χ4v) is 2.70. The lowest BCUT2D eigenvalue weighted by atomic mass is 10.3. The van der Waals surface area contributed by atoms with Crippen molar-refractivity contribution < 1.29 is 4.74 Å². The van der Waals surface area contributed by atoms with E-state index in [1.54, 1.807) is 18.4 Å². The number of rotatable bonds is 6. The Hall–Kier alpha value is -0.680. The summed E-state index contributed by atoms with van der Waals surface area (Å²) in [6.45, 7) is 1.36. The van der Waals surface area contributed by atoms with E-state index in [1.165, 1.54) is 4.70 Å². The van der Waals surface area contributed by atoms with E-state index < -0.39 is 0 Å². The van der Waals surface area contributed by atoms with Gasteiger partial charge < -0.3 is 10.1 Å². The first-order valence-electron chi connectivity index (χ1n) is 5.46. The maximum atomic E-state index is 5.83. The second-order valence-corrected chi connectivity index (χ2v) is 5.19. The standard InChI is InChI=1S/C12H15ClN2OS/c1-16-8-9(6-13)14-7-12-15-10-4-2-3-5-11(10)17-12/h2-5,9,14H,6-8H2,1H3. The molecular weight excluding hydrogens is 256 g/mol. The van der Waals surface area contributed by atoms with Crippen molar-refractivity contribution >= 4 is 33.2 Å². The number of alkyl halides is 1. The first-order valence-corrected chi connectivity index (χ1v) is 6.81. The molecule has 1 aromatic carbocycles. The van der Waals surface area contributed by atoms with Crippen molar-refractivity contribution in [2.75, 3.05) is 19.6 Å². The van der Waals surface area contributed by atoms with Crippen LogP contribution < -0.4 is 5.32 Å². The molecule has 1 N–H and O–H groups in total. The van der Waals surface area contributed by atoms with Gasteiger partial charge in [-0.1, -0.05) is 12.1 Å². The van der Waals surface area contributed by atoms with Gasteiger partial charge in [0.05, 0.1) is 16.8 Å². The predicted molar refractivity (Wildman–Crippen MR) is 72.8 cm³/mol. The molecule has 2 rings (SSSR count). The highest BCUT2D eigenvalue weighted by molar-refractivity contribution is 7.18. The Balaban J connectivity index is 1.98. The molecule has 3 nitrogen and oxygen atoms in total. The summed E-state index contributed by atoms with van der Waals surface area (Å²) in [5.74, 6) is 0.540. The van der Waals surface area contributed by atoms with Crippen LogP contribution in [0.1, 0.15) is 5.01 Å². The maximum absolute atomic E-state index is 5.83. The average Bonchev–Trinajstić information content (AvgIpc) is 2.77. The first-order chi connectivity index (χ1) is 8.33. The number of methoxy groups -OCH3 is 1. The van der Waals surface area contributed by atoms with E-state index >= 15 is 0 Å². The molecule has 0 saturated carbocycles. The van der Waals surface area contributed by atoms with Gasteiger partial charge in [-0.2, -0.15) is 0 Å². The largest absolute Gasteiger partial charge is 0.383 e. The SMILES string of the molecule is COCC(CCl)NCc1nc2ccccc2s1. The lowest BCUT2D eigenvalue weighted by molar-refractivity contribution is 0.172. The van der Waals surface area contributed by atoms with E-state index in [-0.39, 0.29) is 6.04 Å². The van der Waals surface area contributed by atoms with Crippen LogP contribution >= 0.6 is 22.9 Å². The van der Waals surface area contributed by atoms with Gasteiger partial charge in [-0.3, -0.25) is 0 Å². The van der Waals surface area contributed by atoms with Crippen molar-refractivity contribution in [2.45, 2.75) is 12.6 Å². The van der Waals surface area contributed by atoms with E-state index in [9.17, 15) is 0 Å². The summed E-state index contributed by atoms with van der Waals surface area (Å²) < 4.78 is 6.30. The van der Waals surface area contributed by atoms with Gasteiger partial charge in [-0.15, -0.1) is 22.9 Å². The molecule has 1 unspecified atom stereocenters. The Morgan fingerprint density at radius 2 is 2.29 bits per heavy atom. The van der Waals surface area contributed by atoms with Gasteiger partial charge in [0.2, 0.25) is 0 Å². The van der Waals surface area contributed by atoms with Crippen LogP contribution in [-0.4, -0.2) is 30.6 Å². The molecule has 1 aromatic heterocycles. The number of nitrogens with one attached hydrogen (secondary N) is 1. The van der Waals surface area contributed by atoms with E-state index in [0.717, 1.165) is 17.1 Å². The molecule has 92 valence electrons. The lowest BCUT2D eigenvalue weighted by Gasteiger charge is -2.13.